The number of aromatic amines is 2. The molecule has 5 atom stereocenters. The highest BCUT2D eigenvalue weighted by Gasteiger charge is 2.39. The third-order valence-corrected chi connectivity index (χ3v) is 11.0. The number of alkyl carbamates (subject to hydrolysis) is 1. The van der Waals surface area contributed by atoms with Gasteiger partial charge < -0.3 is 34.6 Å². The molecule has 0 spiro atoms. The molecule has 278 valence electrons. The van der Waals surface area contributed by atoms with Gasteiger partial charge in [0.15, 0.2) is 0 Å². The van der Waals surface area contributed by atoms with Gasteiger partial charge in [-0.1, -0.05) is 32.0 Å². The second-order valence-corrected chi connectivity index (χ2v) is 14.5. The van der Waals surface area contributed by atoms with Gasteiger partial charge >= 0.3 is 6.09 Å². The zero-order chi connectivity index (χ0) is 37.6. The predicted octanol–water partition coefficient (Wildman–Crippen LogP) is 7.95. The lowest BCUT2D eigenvalue weighted by Crippen LogP contribution is -2.48. The first-order valence-corrected chi connectivity index (χ1v) is 18.8. The SMILES string of the molecule is CCCC(=O)N([C@@H](C)CC)[C@@H](C)c1ncc(-c2ccc3c(c2)COc2cc4c(ccc5[nH]c(C6CC[C@H](C)N6C(=O)[C@H](C)NC(=O)OC)nc54)cc2-3)[nH]1. The third kappa shape index (κ3) is 6.59. The Bertz CT molecular complexity index is 2190. The average molecular weight is 720 g/mol. The van der Waals surface area contributed by atoms with E-state index in [0.717, 1.165) is 92.8 Å². The number of methoxy groups -OCH3 is 1. The van der Waals surface area contributed by atoms with Crippen LogP contribution in [0.25, 0.3) is 44.2 Å². The van der Waals surface area contributed by atoms with Crippen LogP contribution in [0.5, 0.6) is 5.75 Å². The van der Waals surface area contributed by atoms with Crippen molar-refractivity contribution in [1.82, 2.24) is 35.1 Å². The van der Waals surface area contributed by atoms with Gasteiger partial charge in [0, 0.05) is 29.5 Å². The van der Waals surface area contributed by atoms with Crippen molar-refractivity contribution in [3.63, 3.8) is 0 Å². The van der Waals surface area contributed by atoms with E-state index in [-0.39, 0.29) is 36.0 Å². The lowest BCUT2D eigenvalue weighted by atomic mass is 9.92. The average Bonchev–Trinajstić information content (AvgIpc) is 3.92. The van der Waals surface area contributed by atoms with E-state index in [9.17, 15) is 14.4 Å². The fourth-order valence-electron chi connectivity index (χ4n) is 7.99. The number of ether oxygens (including phenoxy) is 2. The Morgan fingerprint density at radius 1 is 1.06 bits per heavy atom. The number of fused-ring (bicyclic) bond motifs is 6. The monoisotopic (exact) mass is 719 g/mol. The van der Waals surface area contributed by atoms with E-state index < -0.39 is 12.1 Å². The Morgan fingerprint density at radius 3 is 2.62 bits per heavy atom. The quantitative estimate of drug-likeness (QED) is 0.133. The Labute approximate surface area is 309 Å². The van der Waals surface area contributed by atoms with Crippen LogP contribution in [0.1, 0.15) is 103 Å². The lowest BCUT2D eigenvalue weighted by Gasteiger charge is -2.33. The molecule has 12 heteroatoms. The zero-order valence-corrected chi connectivity index (χ0v) is 31.6. The molecule has 0 bridgehead atoms. The smallest absolute Gasteiger partial charge is 0.407 e. The number of carbonyl (C=O) groups excluding carboxylic acids is 3. The van der Waals surface area contributed by atoms with Crippen molar-refractivity contribution >= 4 is 39.7 Å². The molecule has 1 fully saturated rings. The fourth-order valence-corrected chi connectivity index (χ4v) is 7.99. The second kappa shape index (κ2) is 14.6. The second-order valence-electron chi connectivity index (χ2n) is 14.5. The molecule has 2 aromatic heterocycles. The number of nitrogens with one attached hydrogen (secondary N) is 3. The van der Waals surface area contributed by atoms with Crippen molar-refractivity contribution in [1.29, 1.82) is 0 Å². The highest BCUT2D eigenvalue weighted by molar-refractivity contribution is 6.07. The largest absolute Gasteiger partial charge is 0.488 e. The molecule has 12 nitrogen and oxygen atoms in total. The van der Waals surface area contributed by atoms with Gasteiger partial charge in [-0.15, -0.1) is 0 Å². The van der Waals surface area contributed by atoms with Gasteiger partial charge in [-0.05, 0) is 99.7 Å². The Kier molecular flexibility index (Phi) is 9.89. The standard InChI is InChI=1S/C41H49N7O5/c1-8-10-36(49)47(22(3)9-2)25(6)38-42-20-33(45-38)27-12-14-29-28(17-27)21-53-35-19-30-26(18-31(29)35)13-15-32-37(30)46-39(44-32)34-16-11-23(4)48(34)40(50)24(5)43-41(51)52-7/h12-15,17-20,22-25,34H,8-11,16,21H2,1-7H3,(H,42,45)(H,43,51)(H,44,46)/t22-,23-,24-,25-,34?/m0/s1. The van der Waals surface area contributed by atoms with Crippen molar-refractivity contribution in [3.8, 4) is 28.1 Å². The molecule has 5 aromatic rings. The van der Waals surface area contributed by atoms with Crippen molar-refractivity contribution in [3.05, 3.63) is 65.9 Å². The number of amides is 3. The van der Waals surface area contributed by atoms with Crippen LogP contribution in [0.2, 0.25) is 0 Å². The van der Waals surface area contributed by atoms with Crippen LogP contribution in [-0.2, 0) is 20.9 Å². The topological polar surface area (TPSA) is 146 Å². The third-order valence-electron chi connectivity index (χ3n) is 11.0. The number of nitrogens with zero attached hydrogens (tertiary/aromatic N) is 4. The molecule has 0 saturated carbocycles. The summed E-state index contributed by atoms with van der Waals surface area (Å²) < 4.78 is 11.1. The molecule has 3 N–H and O–H groups in total. The number of imidazole rings is 2. The number of hydrogen-bond acceptors (Lipinski definition) is 7. The molecular formula is C41H49N7O5. The van der Waals surface area contributed by atoms with Crippen molar-refractivity contribution in [2.24, 2.45) is 0 Å². The van der Waals surface area contributed by atoms with Crippen molar-refractivity contribution in [2.75, 3.05) is 7.11 Å². The molecule has 4 heterocycles. The van der Waals surface area contributed by atoms with Crippen LogP contribution in [0, 0.1) is 0 Å². The molecule has 1 saturated heterocycles. The Balaban J connectivity index is 1.16. The van der Waals surface area contributed by atoms with Gasteiger partial charge in [0.2, 0.25) is 11.8 Å². The van der Waals surface area contributed by atoms with Gasteiger partial charge in [-0.2, -0.15) is 0 Å². The van der Waals surface area contributed by atoms with Gasteiger partial charge in [-0.3, -0.25) is 9.59 Å². The molecule has 1 unspecified atom stereocenters. The minimum absolute atomic E-state index is 0.000401. The summed E-state index contributed by atoms with van der Waals surface area (Å²) in [4.78, 5) is 58.9. The maximum atomic E-state index is 13.5. The van der Waals surface area contributed by atoms with Crippen molar-refractivity contribution < 1.29 is 23.9 Å². The number of likely N-dealkylation sites (tertiary alicyclic amines) is 1. The molecule has 3 amide bonds. The summed E-state index contributed by atoms with van der Waals surface area (Å²) in [5.74, 6) is 2.28. The minimum atomic E-state index is -0.730. The van der Waals surface area contributed by atoms with Crippen LogP contribution in [0.15, 0.2) is 48.7 Å². The van der Waals surface area contributed by atoms with E-state index in [1.807, 2.05) is 42.8 Å². The first kappa shape index (κ1) is 36.0. The van der Waals surface area contributed by atoms with E-state index in [4.69, 9.17) is 19.4 Å². The molecular weight excluding hydrogens is 670 g/mol. The maximum absolute atomic E-state index is 13.5. The molecule has 0 aliphatic carbocycles. The summed E-state index contributed by atoms with van der Waals surface area (Å²) in [6.45, 7) is 12.4. The summed E-state index contributed by atoms with van der Waals surface area (Å²) >= 11 is 0. The Hall–Kier alpha value is -5.39. The fraction of sp³-hybridized carbons (Fsp3) is 0.439. The highest BCUT2D eigenvalue weighted by Crippen LogP contribution is 2.43. The number of H-pyrrole nitrogens is 2. The summed E-state index contributed by atoms with van der Waals surface area (Å²) in [7, 11) is 1.28. The van der Waals surface area contributed by atoms with E-state index in [2.05, 4.69) is 65.5 Å². The highest BCUT2D eigenvalue weighted by atomic mass is 16.5. The number of carbonyl (C=O) groups is 3. The first-order valence-electron chi connectivity index (χ1n) is 18.8. The molecule has 0 radical (unpaired) electrons. The van der Waals surface area contributed by atoms with E-state index in [1.54, 1.807) is 6.92 Å². The summed E-state index contributed by atoms with van der Waals surface area (Å²) in [5, 5.41) is 4.61. The van der Waals surface area contributed by atoms with Gasteiger partial charge in [0.05, 0.1) is 42.1 Å². The summed E-state index contributed by atoms with van der Waals surface area (Å²) in [6, 6.07) is 13.7. The van der Waals surface area contributed by atoms with Crippen LogP contribution in [0.4, 0.5) is 4.79 Å². The minimum Gasteiger partial charge on any atom is -0.488 e. The molecule has 3 aromatic carbocycles. The van der Waals surface area contributed by atoms with E-state index in [0.29, 0.717) is 13.0 Å². The van der Waals surface area contributed by atoms with Crippen LogP contribution < -0.4 is 10.1 Å². The van der Waals surface area contributed by atoms with Gasteiger partial charge in [-0.25, -0.2) is 14.8 Å². The van der Waals surface area contributed by atoms with Crippen LogP contribution in [0.3, 0.4) is 0 Å². The summed E-state index contributed by atoms with van der Waals surface area (Å²) in [5.41, 5.74) is 6.83. The number of rotatable bonds is 10. The number of benzene rings is 3. The van der Waals surface area contributed by atoms with E-state index >= 15 is 0 Å². The molecule has 2 aliphatic rings. The summed E-state index contributed by atoms with van der Waals surface area (Å²) in [6.07, 6.45) is 5.02. The van der Waals surface area contributed by atoms with Crippen LogP contribution >= 0.6 is 0 Å². The van der Waals surface area contributed by atoms with Gasteiger partial charge in [0.1, 0.15) is 30.0 Å². The number of hydrogen-bond donors (Lipinski definition) is 3. The van der Waals surface area contributed by atoms with E-state index in [1.165, 1.54) is 7.11 Å². The number of aromatic nitrogens is 4. The predicted molar refractivity (Wildman–Crippen MR) is 204 cm³/mol. The maximum Gasteiger partial charge on any atom is 0.407 e. The molecule has 2 aliphatic heterocycles. The first-order chi connectivity index (χ1) is 25.5. The normalized spacial score (nSPS) is 18.2. The molecule has 7 rings (SSSR count). The zero-order valence-electron chi connectivity index (χ0n) is 31.6. The molecule has 53 heavy (non-hydrogen) atoms. The van der Waals surface area contributed by atoms with Crippen molar-refractivity contribution in [2.45, 2.75) is 110 Å². The Morgan fingerprint density at radius 2 is 1.87 bits per heavy atom. The van der Waals surface area contributed by atoms with Gasteiger partial charge in [0.25, 0.3) is 0 Å². The lowest BCUT2D eigenvalue weighted by molar-refractivity contribution is -0.136. The van der Waals surface area contributed by atoms with Crippen LogP contribution in [-0.4, -0.2) is 72.9 Å².